The minimum atomic E-state index is -0.865. The predicted molar refractivity (Wildman–Crippen MR) is 168 cm³/mol. The summed E-state index contributed by atoms with van der Waals surface area (Å²) in [5.41, 5.74) is -1.08. The number of unbranched alkanes of at least 4 members (excludes halogenated alkanes) is 1. The van der Waals surface area contributed by atoms with Crippen LogP contribution in [0.25, 0.3) is 0 Å². The van der Waals surface area contributed by atoms with Crippen LogP contribution < -0.4 is 15.7 Å². The third-order valence-corrected chi connectivity index (χ3v) is 7.73. The first kappa shape index (κ1) is 34.2. The lowest BCUT2D eigenvalue weighted by Crippen LogP contribution is -2.46. The summed E-state index contributed by atoms with van der Waals surface area (Å²) in [7, 11) is 1.49. The number of amides is 3. The number of imide groups is 1. The Morgan fingerprint density at radius 1 is 1.22 bits per heavy atom. The molecule has 2 aromatic carbocycles. The molecule has 1 aromatic heterocycles. The van der Waals surface area contributed by atoms with Gasteiger partial charge < -0.3 is 14.8 Å². The van der Waals surface area contributed by atoms with Crippen molar-refractivity contribution >= 4 is 35.2 Å². The van der Waals surface area contributed by atoms with E-state index in [1.807, 2.05) is 6.92 Å². The van der Waals surface area contributed by atoms with Crippen molar-refractivity contribution in [3.63, 3.8) is 0 Å². The second-order valence-corrected chi connectivity index (χ2v) is 12.5. The highest BCUT2D eigenvalue weighted by Gasteiger charge is 2.37. The Kier molecular flexibility index (Phi) is 10.5. The summed E-state index contributed by atoms with van der Waals surface area (Å²) in [6.45, 7) is 6.60. The molecule has 1 aliphatic heterocycles. The molecular formula is C31H37ClN6O8. The molecule has 3 amide bonds. The molecule has 0 aliphatic carbocycles. The monoisotopic (exact) mass is 656 g/mol. The Balaban J connectivity index is 1.67. The molecule has 0 bridgehead atoms. The van der Waals surface area contributed by atoms with Gasteiger partial charge in [0.2, 0.25) is 5.91 Å². The van der Waals surface area contributed by atoms with E-state index in [1.165, 1.54) is 29.9 Å². The number of nitro groups is 1. The van der Waals surface area contributed by atoms with Gasteiger partial charge in [-0.05, 0) is 69.0 Å². The quantitative estimate of drug-likeness (QED) is 0.174. The van der Waals surface area contributed by atoms with Gasteiger partial charge in [0.15, 0.2) is 5.82 Å². The molecule has 0 saturated carbocycles. The van der Waals surface area contributed by atoms with Crippen LogP contribution in [-0.2, 0) is 29.0 Å². The molecule has 46 heavy (non-hydrogen) atoms. The molecule has 2 N–H and O–H groups in total. The minimum Gasteiger partial charge on any atom is -0.496 e. The number of urea groups is 1. The number of esters is 1. The van der Waals surface area contributed by atoms with E-state index in [9.17, 15) is 29.3 Å². The van der Waals surface area contributed by atoms with Crippen LogP contribution in [-0.4, -0.2) is 55.2 Å². The van der Waals surface area contributed by atoms with Crippen LogP contribution in [0.5, 0.6) is 5.75 Å². The molecular weight excluding hydrogens is 620 g/mol. The Bertz CT molecular complexity index is 1690. The van der Waals surface area contributed by atoms with E-state index in [2.05, 4.69) is 15.5 Å². The molecule has 2 heterocycles. The van der Waals surface area contributed by atoms with Crippen molar-refractivity contribution in [2.75, 3.05) is 7.11 Å². The van der Waals surface area contributed by atoms with Crippen LogP contribution in [0.2, 0.25) is 5.02 Å². The van der Waals surface area contributed by atoms with Gasteiger partial charge in [0.25, 0.3) is 5.69 Å². The van der Waals surface area contributed by atoms with Crippen LogP contribution in [0.15, 0.2) is 41.2 Å². The SMILES string of the molecule is CCCC[C@@H](NC(=O)N1Cc2n[nH]c(=O)n2C[C@H](Cc2cc(Cl)ccc2OC)C1=O)c1ccc(C(=O)OC(C)(C)C)c([N+](=O)[O-])c1. The number of rotatable bonds is 10. The summed E-state index contributed by atoms with van der Waals surface area (Å²) in [5.74, 6) is -1.57. The highest BCUT2D eigenvalue weighted by atomic mass is 35.5. The molecule has 15 heteroatoms. The number of nitro benzene ring substituents is 1. The number of nitrogens with one attached hydrogen (secondary N) is 2. The van der Waals surface area contributed by atoms with E-state index in [4.69, 9.17) is 21.1 Å². The normalized spacial score (nSPS) is 15.5. The maximum Gasteiger partial charge on any atom is 0.345 e. The lowest BCUT2D eigenvalue weighted by Gasteiger charge is -2.26. The van der Waals surface area contributed by atoms with Gasteiger partial charge in [0, 0.05) is 17.6 Å². The van der Waals surface area contributed by atoms with Crippen LogP contribution in [0, 0.1) is 16.0 Å². The standard InChI is InChI=1S/C31H37ClN6O8/c1-6-7-8-23(18-9-11-22(24(15-18)38(43)44)28(40)46-31(2,3)4)33-29(41)37-17-26-34-35-30(42)36(26)16-20(27(37)39)13-19-14-21(32)10-12-25(19)45-5/h9-12,14-15,20,23H,6-8,13,16-17H2,1-5H3,(H,33,41)(H,35,42)/t20-,23+/m0/s1. The summed E-state index contributed by atoms with van der Waals surface area (Å²) in [6.07, 6.45) is 1.91. The van der Waals surface area contributed by atoms with Gasteiger partial charge in [0.05, 0.1) is 30.5 Å². The van der Waals surface area contributed by atoms with E-state index in [1.54, 1.807) is 39.0 Å². The summed E-state index contributed by atoms with van der Waals surface area (Å²) >= 11 is 6.22. The number of nitrogens with zero attached hydrogens (tertiary/aromatic N) is 4. The number of hydrogen-bond donors (Lipinski definition) is 2. The topological polar surface area (TPSA) is 179 Å². The lowest BCUT2D eigenvalue weighted by atomic mass is 9.97. The summed E-state index contributed by atoms with van der Waals surface area (Å²) in [5, 5.41) is 21.7. The van der Waals surface area contributed by atoms with Gasteiger partial charge >= 0.3 is 17.7 Å². The largest absolute Gasteiger partial charge is 0.496 e. The number of carbonyl (C=O) groups excluding carboxylic acids is 3. The number of benzene rings is 2. The van der Waals surface area contributed by atoms with E-state index in [0.717, 1.165) is 11.3 Å². The van der Waals surface area contributed by atoms with Crippen molar-refractivity contribution < 1.29 is 28.8 Å². The average Bonchev–Trinajstić information content (AvgIpc) is 3.26. The van der Waals surface area contributed by atoms with E-state index in [0.29, 0.717) is 34.7 Å². The zero-order valence-electron chi connectivity index (χ0n) is 26.3. The van der Waals surface area contributed by atoms with Crippen LogP contribution >= 0.6 is 11.6 Å². The first-order valence-corrected chi connectivity index (χ1v) is 15.2. The van der Waals surface area contributed by atoms with Crippen molar-refractivity contribution in [2.45, 2.75) is 78.1 Å². The number of fused-ring (bicyclic) bond motifs is 1. The number of ether oxygens (including phenoxy) is 2. The fraction of sp³-hybridized carbons (Fsp3) is 0.452. The third-order valence-electron chi connectivity index (χ3n) is 7.49. The second-order valence-electron chi connectivity index (χ2n) is 12.0. The van der Waals surface area contributed by atoms with Gasteiger partial charge in [-0.3, -0.25) is 24.4 Å². The maximum absolute atomic E-state index is 14.0. The van der Waals surface area contributed by atoms with Gasteiger partial charge in [-0.1, -0.05) is 37.4 Å². The lowest BCUT2D eigenvalue weighted by molar-refractivity contribution is -0.385. The van der Waals surface area contributed by atoms with E-state index >= 15 is 0 Å². The molecule has 14 nitrogen and oxygen atoms in total. The number of H-pyrrole nitrogens is 1. The summed E-state index contributed by atoms with van der Waals surface area (Å²) < 4.78 is 12.1. The molecule has 0 radical (unpaired) electrons. The summed E-state index contributed by atoms with van der Waals surface area (Å²) in [4.78, 5) is 65.4. The molecule has 0 fully saturated rings. The first-order chi connectivity index (χ1) is 21.7. The number of halogens is 1. The Morgan fingerprint density at radius 2 is 1.96 bits per heavy atom. The fourth-order valence-corrected chi connectivity index (χ4v) is 5.47. The third kappa shape index (κ3) is 7.91. The van der Waals surface area contributed by atoms with Crippen molar-refractivity contribution in [1.82, 2.24) is 25.0 Å². The molecule has 1 aliphatic rings. The van der Waals surface area contributed by atoms with Crippen LogP contribution in [0.1, 0.15) is 80.3 Å². The molecule has 0 saturated heterocycles. The summed E-state index contributed by atoms with van der Waals surface area (Å²) in [6, 6.07) is 7.54. The Labute approximate surface area is 270 Å². The zero-order chi connectivity index (χ0) is 33.8. The first-order valence-electron chi connectivity index (χ1n) is 14.8. The van der Waals surface area contributed by atoms with Crippen molar-refractivity contribution in [3.8, 4) is 5.75 Å². The van der Waals surface area contributed by atoms with Crippen LogP contribution in [0.3, 0.4) is 0 Å². The molecule has 246 valence electrons. The Hall–Kier alpha value is -4.72. The highest BCUT2D eigenvalue weighted by molar-refractivity contribution is 6.30. The van der Waals surface area contributed by atoms with Crippen molar-refractivity contribution in [2.24, 2.45) is 5.92 Å². The maximum atomic E-state index is 14.0. The average molecular weight is 657 g/mol. The van der Waals surface area contributed by atoms with E-state index in [-0.39, 0.29) is 30.9 Å². The molecule has 3 aromatic rings. The number of carbonyl (C=O) groups is 3. The fourth-order valence-electron chi connectivity index (χ4n) is 5.27. The highest BCUT2D eigenvalue weighted by Crippen LogP contribution is 2.30. The molecule has 4 rings (SSSR count). The van der Waals surface area contributed by atoms with E-state index < -0.39 is 51.8 Å². The molecule has 0 spiro atoms. The molecule has 0 unspecified atom stereocenters. The predicted octanol–water partition coefficient (Wildman–Crippen LogP) is 4.94. The number of hydrogen-bond acceptors (Lipinski definition) is 9. The number of methoxy groups -OCH3 is 1. The van der Waals surface area contributed by atoms with Gasteiger partial charge in [-0.2, -0.15) is 5.10 Å². The van der Waals surface area contributed by atoms with Gasteiger partial charge in [-0.25, -0.2) is 19.5 Å². The number of aromatic amines is 1. The molecule has 2 atom stereocenters. The van der Waals surface area contributed by atoms with Gasteiger partial charge in [0.1, 0.15) is 16.9 Å². The minimum absolute atomic E-state index is 0.0411. The zero-order valence-corrected chi connectivity index (χ0v) is 27.1. The van der Waals surface area contributed by atoms with Crippen molar-refractivity contribution in [1.29, 1.82) is 0 Å². The Morgan fingerprint density at radius 3 is 2.61 bits per heavy atom. The second kappa shape index (κ2) is 14.1. The van der Waals surface area contributed by atoms with Crippen LogP contribution in [0.4, 0.5) is 10.5 Å². The number of aromatic nitrogens is 3. The van der Waals surface area contributed by atoms with Gasteiger partial charge in [-0.15, -0.1) is 0 Å². The smallest absolute Gasteiger partial charge is 0.345 e. The van der Waals surface area contributed by atoms with Crippen molar-refractivity contribution in [3.05, 3.63) is 84.5 Å².